The molecule has 9 nitrogen and oxygen atoms in total. The average molecular weight is 596 g/mol. The van der Waals surface area contributed by atoms with Gasteiger partial charge in [-0.3, -0.25) is 19.4 Å². The summed E-state index contributed by atoms with van der Waals surface area (Å²) in [5, 5.41) is 6.38. The minimum Gasteiger partial charge on any atom is -0.496 e. The number of hydrogen-bond acceptors (Lipinski definition) is 7. The zero-order chi connectivity index (χ0) is 31.8. The highest BCUT2D eigenvalue weighted by atomic mass is 16.5. The Morgan fingerprint density at radius 1 is 1.05 bits per heavy atom. The van der Waals surface area contributed by atoms with E-state index in [4.69, 9.17) is 10.5 Å². The summed E-state index contributed by atoms with van der Waals surface area (Å²) in [4.78, 5) is 45.5. The van der Waals surface area contributed by atoms with Gasteiger partial charge in [-0.05, 0) is 87.7 Å². The van der Waals surface area contributed by atoms with Gasteiger partial charge in [0.25, 0.3) is 0 Å². The van der Waals surface area contributed by atoms with Crippen molar-refractivity contribution in [2.24, 2.45) is 17.6 Å². The second kappa shape index (κ2) is 19.1. The number of benzene rings is 1. The molecule has 2 aliphatic heterocycles. The molecule has 4 rings (SSSR count). The first kappa shape index (κ1) is 35.9. The van der Waals surface area contributed by atoms with E-state index in [-0.39, 0.29) is 29.9 Å². The van der Waals surface area contributed by atoms with Gasteiger partial charge in [0.1, 0.15) is 11.8 Å². The molecule has 1 aromatic heterocycles. The number of pyridine rings is 1. The van der Waals surface area contributed by atoms with Gasteiger partial charge in [0.05, 0.1) is 13.2 Å². The van der Waals surface area contributed by atoms with Crippen molar-refractivity contribution < 1.29 is 19.1 Å². The normalized spacial score (nSPS) is 19.6. The molecule has 238 valence electrons. The van der Waals surface area contributed by atoms with Gasteiger partial charge in [0, 0.05) is 37.0 Å². The van der Waals surface area contributed by atoms with Crippen molar-refractivity contribution in [1.29, 1.82) is 0 Å². The lowest BCUT2D eigenvalue weighted by molar-refractivity contribution is -0.139. The molecule has 2 aliphatic rings. The average Bonchev–Trinajstić information content (AvgIpc) is 3.52. The van der Waals surface area contributed by atoms with Crippen LogP contribution in [-0.4, -0.2) is 66.3 Å². The first-order chi connectivity index (χ1) is 20.9. The summed E-state index contributed by atoms with van der Waals surface area (Å²) in [5.41, 5.74) is 8.28. The van der Waals surface area contributed by atoms with E-state index >= 15 is 0 Å². The van der Waals surface area contributed by atoms with Gasteiger partial charge in [-0.15, -0.1) is 0 Å². The van der Waals surface area contributed by atoms with Gasteiger partial charge in [0.2, 0.25) is 11.8 Å². The molecule has 0 bridgehead atoms. The third kappa shape index (κ3) is 10.4. The van der Waals surface area contributed by atoms with E-state index in [1.54, 1.807) is 24.4 Å². The maximum Gasteiger partial charge on any atom is 0.243 e. The van der Waals surface area contributed by atoms with Gasteiger partial charge in [-0.1, -0.05) is 45.9 Å². The molecule has 0 radical (unpaired) electrons. The molecule has 43 heavy (non-hydrogen) atoms. The van der Waals surface area contributed by atoms with Gasteiger partial charge in [0.15, 0.2) is 5.78 Å². The van der Waals surface area contributed by atoms with Crippen LogP contribution < -0.4 is 21.1 Å². The number of nitrogens with two attached hydrogens (primary N) is 1. The van der Waals surface area contributed by atoms with Crippen LogP contribution in [0.5, 0.6) is 5.75 Å². The Balaban J connectivity index is 0.00000155. The third-order valence-electron chi connectivity index (χ3n) is 8.22. The molecule has 2 unspecified atom stereocenters. The number of ketones is 1. The molecular weight excluding hydrogens is 542 g/mol. The number of nitrogens with zero attached hydrogens (tertiary/aromatic N) is 2. The van der Waals surface area contributed by atoms with E-state index in [2.05, 4.69) is 15.6 Å². The predicted molar refractivity (Wildman–Crippen MR) is 172 cm³/mol. The summed E-state index contributed by atoms with van der Waals surface area (Å²) >= 11 is 0. The van der Waals surface area contributed by atoms with Crippen LogP contribution in [0, 0.1) is 11.8 Å². The Bertz CT molecular complexity index is 1120. The molecule has 2 fully saturated rings. The highest BCUT2D eigenvalue weighted by Gasteiger charge is 2.43. The Morgan fingerprint density at radius 2 is 1.70 bits per heavy atom. The minimum atomic E-state index is -0.620. The fraction of sp³-hybridized carbons (Fsp3) is 0.588. The zero-order valence-corrected chi connectivity index (χ0v) is 27.0. The molecule has 0 spiro atoms. The fourth-order valence-electron chi connectivity index (χ4n) is 5.94. The number of rotatable bonds is 11. The molecule has 1 aromatic carbocycles. The van der Waals surface area contributed by atoms with Gasteiger partial charge in [-0.25, -0.2) is 0 Å². The van der Waals surface area contributed by atoms with Gasteiger partial charge in [-0.2, -0.15) is 0 Å². The molecule has 3 heterocycles. The van der Waals surface area contributed by atoms with E-state index in [1.165, 1.54) is 6.92 Å². The summed E-state index contributed by atoms with van der Waals surface area (Å²) < 4.78 is 5.44. The van der Waals surface area contributed by atoms with Crippen LogP contribution in [0.4, 0.5) is 0 Å². The van der Waals surface area contributed by atoms with Crippen LogP contribution in [0.1, 0.15) is 83.9 Å². The van der Waals surface area contributed by atoms with Crippen molar-refractivity contribution >= 4 is 17.6 Å². The summed E-state index contributed by atoms with van der Waals surface area (Å²) in [5.74, 6) is 0.821. The zero-order valence-electron chi connectivity index (χ0n) is 27.0. The van der Waals surface area contributed by atoms with Crippen LogP contribution in [0.15, 0.2) is 48.8 Å². The molecule has 4 atom stereocenters. The Morgan fingerprint density at radius 3 is 2.33 bits per heavy atom. The van der Waals surface area contributed by atoms with Crippen LogP contribution in [0.2, 0.25) is 0 Å². The van der Waals surface area contributed by atoms with Crippen LogP contribution >= 0.6 is 0 Å². The maximum absolute atomic E-state index is 13.6. The lowest BCUT2D eigenvalue weighted by Crippen LogP contribution is -2.50. The molecule has 0 aliphatic carbocycles. The topological polar surface area (TPSA) is 127 Å². The molecule has 2 amide bonds. The Kier molecular flexibility index (Phi) is 15.9. The number of ether oxygens (including phenoxy) is 1. The second-order valence-electron chi connectivity index (χ2n) is 10.8. The molecule has 9 heteroatoms. The molecular formula is C34H53N5O4. The third-order valence-corrected chi connectivity index (χ3v) is 8.22. The number of amides is 2. The summed E-state index contributed by atoms with van der Waals surface area (Å²) in [6.07, 6.45) is 7.30. The number of likely N-dealkylation sites (tertiary alicyclic amines) is 1. The lowest BCUT2D eigenvalue weighted by Gasteiger charge is -2.28. The van der Waals surface area contributed by atoms with Crippen molar-refractivity contribution in [2.75, 3.05) is 26.7 Å². The van der Waals surface area contributed by atoms with Crippen LogP contribution in [0.25, 0.3) is 0 Å². The molecule has 2 aromatic rings. The van der Waals surface area contributed by atoms with Crippen LogP contribution in [0.3, 0.4) is 0 Å². The fourth-order valence-corrected chi connectivity index (χ4v) is 5.94. The van der Waals surface area contributed by atoms with Crippen molar-refractivity contribution in [3.63, 3.8) is 0 Å². The maximum atomic E-state index is 13.6. The van der Waals surface area contributed by atoms with E-state index < -0.39 is 18.1 Å². The smallest absolute Gasteiger partial charge is 0.243 e. The van der Waals surface area contributed by atoms with E-state index in [1.807, 2.05) is 64.1 Å². The monoisotopic (exact) mass is 595 g/mol. The summed E-state index contributed by atoms with van der Waals surface area (Å²) in [7, 11) is 1.58. The Hall–Kier alpha value is -3.30. The van der Waals surface area contributed by atoms with Crippen molar-refractivity contribution in [2.45, 2.75) is 91.3 Å². The molecule has 0 saturated carbocycles. The second-order valence-corrected chi connectivity index (χ2v) is 10.8. The SMILES string of the molecule is CC.CC.COc1ccccc1C(N)CC(=O)N1CC(C2CCNCC2)C[C@H]1C(=O)N[C@@H](CCc1ccncc1)C(C)=O. The Labute approximate surface area is 258 Å². The number of piperidine rings is 1. The highest BCUT2D eigenvalue weighted by Crippen LogP contribution is 2.35. The van der Waals surface area contributed by atoms with Gasteiger partial charge < -0.3 is 26.0 Å². The van der Waals surface area contributed by atoms with E-state index in [0.717, 1.165) is 37.1 Å². The standard InChI is InChI=1S/C30H41N5O4.2C2H6/c1-20(36)26(8-7-21-9-13-32-14-10-21)34-30(38)27-17-23(22-11-15-33-16-12-22)19-35(27)29(37)18-25(31)24-5-3-4-6-28(24)39-2;2*1-2/h3-6,9-10,13-14,22-23,25-27,33H,7-8,11-12,15-19,31H2,1-2H3,(H,34,38);2*1-2H3/t23?,25?,26-,27-;;/m0../s1. The van der Waals surface area contributed by atoms with Crippen molar-refractivity contribution in [1.82, 2.24) is 20.5 Å². The summed E-state index contributed by atoms with van der Waals surface area (Å²) in [6, 6.07) is 9.45. The van der Waals surface area contributed by atoms with Gasteiger partial charge >= 0.3 is 0 Å². The highest BCUT2D eigenvalue weighted by molar-refractivity contribution is 5.92. The lowest BCUT2D eigenvalue weighted by atomic mass is 9.83. The van der Waals surface area contributed by atoms with E-state index in [9.17, 15) is 14.4 Å². The number of hydrogen-bond donors (Lipinski definition) is 3. The molecule has 2 saturated heterocycles. The number of Topliss-reactive ketones (excluding diaryl/α,β-unsaturated/α-hetero) is 1. The first-order valence-corrected chi connectivity index (χ1v) is 16.0. The van der Waals surface area contributed by atoms with Crippen molar-refractivity contribution in [3.05, 3.63) is 59.9 Å². The quantitative estimate of drug-likeness (QED) is 0.350. The number of aromatic nitrogens is 1. The number of para-hydroxylation sites is 1. The molecule has 4 N–H and O–H groups in total. The number of methoxy groups -OCH3 is 1. The summed E-state index contributed by atoms with van der Waals surface area (Å²) in [6.45, 7) is 11.9. The minimum absolute atomic E-state index is 0.0707. The number of carbonyl (C=O) groups excluding carboxylic acids is 3. The number of aryl methyl sites for hydroxylation is 1. The van der Waals surface area contributed by atoms with Crippen molar-refractivity contribution in [3.8, 4) is 5.75 Å². The largest absolute Gasteiger partial charge is 0.496 e. The first-order valence-electron chi connectivity index (χ1n) is 16.0. The number of nitrogens with one attached hydrogen (secondary N) is 2. The predicted octanol–water partition coefficient (Wildman–Crippen LogP) is 4.46. The van der Waals surface area contributed by atoms with E-state index in [0.29, 0.717) is 37.5 Å². The number of carbonyl (C=O) groups is 3. The van der Waals surface area contributed by atoms with Crippen LogP contribution in [-0.2, 0) is 20.8 Å².